The van der Waals surface area contributed by atoms with Gasteiger partial charge in [0.1, 0.15) is 0 Å². The van der Waals surface area contributed by atoms with Crippen LogP contribution < -0.4 is 5.32 Å². The number of hydrogen-bond donors (Lipinski definition) is 1. The fourth-order valence-corrected chi connectivity index (χ4v) is 4.25. The van der Waals surface area contributed by atoms with E-state index in [0.29, 0.717) is 12.5 Å². The molecule has 2 heterocycles. The number of hydrogen-bond acceptors (Lipinski definition) is 4. The van der Waals surface area contributed by atoms with Crippen molar-refractivity contribution >= 4 is 11.9 Å². The van der Waals surface area contributed by atoms with Crippen LogP contribution in [-0.2, 0) is 9.53 Å². The van der Waals surface area contributed by atoms with Gasteiger partial charge in [-0.15, -0.1) is 0 Å². The van der Waals surface area contributed by atoms with Crippen molar-refractivity contribution < 1.29 is 9.53 Å². The maximum atomic E-state index is 12.1. The second kappa shape index (κ2) is 11.5. The molecule has 0 spiro atoms. The Balaban J connectivity index is 1.93. The molecule has 2 fully saturated rings. The number of esters is 1. The van der Waals surface area contributed by atoms with Crippen molar-refractivity contribution in [3.05, 3.63) is 0 Å². The molecule has 0 aromatic carbocycles. The first kappa shape index (κ1) is 22.0. The van der Waals surface area contributed by atoms with Gasteiger partial charge in [0.2, 0.25) is 0 Å². The number of guanidine groups is 1. The summed E-state index contributed by atoms with van der Waals surface area (Å²) in [4.78, 5) is 22.0. The van der Waals surface area contributed by atoms with Crippen molar-refractivity contribution in [3.8, 4) is 0 Å². The summed E-state index contributed by atoms with van der Waals surface area (Å²) < 4.78 is 5.24. The highest BCUT2D eigenvalue weighted by molar-refractivity contribution is 5.81. The van der Waals surface area contributed by atoms with Crippen LogP contribution in [0.3, 0.4) is 0 Å². The van der Waals surface area contributed by atoms with Gasteiger partial charge in [0.15, 0.2) is 5.96 Å². The average Bonchev–Trinajstić information content (AvgIpc) is 2.65. The molecule has 27 heavy (non-hydrogen) atoms. The summed E-state index contributed by atoms with van der Waals surface area (Å²) >= 11 is 0. The van der Waals surface area contributed by atoms with Crippen LogP contribution in [0.15, 0.2) is 4.99 Å². The van der Waals surface area contributed by atoms with Crippen molar-refractivity contribution in [3.63, 3.8) is 0 Å². The Morgan fingerprint density at radius 1 is 1.19 bits per heavy atom. The topological polar surface area (TPSA) is 57.2 Å². The molecule has 0 bridgehead atoms. The zero-order chi connectivity index (χ0) is 19.6. The van der Waals surface area contributed by atoms with Crippen LogP contribution in [0.2, 0.25) is 0 Å². The first-order valence-electron chi connectivity index (χ1n) is 11.0. The number of carbonyl (C=O) groups excluding carboxylic acids is 1. The van der Waals surface area contributed by atoms with Crippen LogP contribution in [0.25, 0.3) is 0 Å². The molecule has 6 heteroatoms. The maximum absolute atomic E-state index is 12.1. The first-order valence-corrected chi connectivity index (χ1v) is 11.0. The van der Waals surface area contributed by atoms with Crippen molar-refractivity contribution in [2.24, 2.45) is 22.7 Å². The van der Waals surface area contributed by atoms with E-state index in [9.17, 15) is 4.79 Å². The van der Waals surface area contributed by atoms with E-state index < -0.39 is 0 Å². The van der Waals surface area contributed by atoms with Crippen LogP contribution >= 0.6 is 0 Å². The number of rotatable bonds is 7. The minimum Gasteiger partial charge on any atom is -0.466 e. The van der Waals surface area contributed by atoms with Gasteiger partial charge in [0.25, 0.3) is 0 Å². The van der Waals surface area contributed by atoms with Crippen LogP contribution in [0, 0.1) is 17.8 Å². The molecule has 2 aliphatic rings. The lowest BCUT2D eigenvalue weighted by atomic mass is 9.97. The number of piperidine rings is 2. The van der Waals surface area contributed by atoms with Crippen molar-refractivity contribution in [2.75, 3.05) is 52.4 Å². The van der Waals surface area contributed by atoms with E-state index in [2.05, 4.69) is 35.9 Å². The van der Waals surface area contributed by atoms with Gasteiger partial charge in [-0.2, -0.15) is 0 Å². The molecule has 2 unspecified atom stereocenters. The Kier molecular flexibility index (Phi) is 9.39. The summed E-state index contributed by atoms with van der Waals surface area (Å²) in [6.07, 6.45) is 4.47. The van der Waals surface area contributed by atoms with Crippen molar-refractivity contribution in [1.82, 2.24) is 15.1 Å². The fraction of sp³-hybridized carbons (Fsp3) is 0.905. The molecule has 6 nitrogen and oxygen atoms in total. The summed E-state index contributed by atoms with van der Waals surface area (Å²) in [5.41, 5.74) is 0. The van der Waals surface area contributed by atoms with Gasteiger partial charge in [-0.05, 0) is 57.9 Å². The zero-order valence-corrected chi connectivity index (χ0v) is 17.9. The van der Waals surface area contributed by atoms with E-state index in [1.165, 1.54) is 25.9 Å². The standard InChI is InChI=1S/C21H40N4O2/c1-5-22-21(25-12-8-10-19(16-25)20(26)27-6-2)23-13-18-9-7-11-24(15-18)14-17(3)4/h17-19H,5-16H2,1-4H3,(H,22,23). The van der Waals surface area contributed by atoms with Crippen molar-refractivity contribution in [2.45, 2.75) is 53.4 Å². The highest BCUT2D eigenvalue weighted by Crippen LogP contribution is 2.20. The van der Waals surface area contributed by atoms with Crippen LogP contribution in [0.1, 0.15) is 53.4 Å². The maximum Gasteiger partial charge on any atom is 0.310 e. The molecule has 0 aromatic heterocycles. The molecule has 0 aliphatic carbocycles. The van der Waals surface area contributed by atoms with E-state index in [4.69, 9.17) is 9.73 Å². The molecule has 0 aromatic rings. The minimum atomic E-state index is -0.0605. The Morgan fingerprint density at radius 2 is 1.96 bits per heavy atom. The van der Waals surface area contributed by atoms with Gasteiger partial charge in [0.05, 0.1) is 12.5 Å². The van der Waals surface area contributed by atoms with E-state index in [1.807, 2.05) is 6.92 Å². The second-order valence-electron chi connectivity index (χ2n) is 8.39. The molecule has 2 rings (SSSR count). The van der Waals surface area contributed by atoms with Gasteiger partial charge in [-0.25, -0.2) is 0 Å². The van der Waals surface area contributed by atoms with Gasteiger partial charge in [-0.1, -0.05) is 13.8 Å². The smallest absolute Gasteiger partial charge is 0.310 e. The number of ether oxygens (including phenoxy) is 1. The number of carbonyl (C=O) groups is 1. The zero-order valence-electron chi connectivity index (χ0n) is 17.9. The second-order valence-corrected chi connectivity index (χ2v) is 8.39. The van der Waals surface area contributed by atoms with E-state index in [-0.39, 0.29) is 11.9 Å². The van der Waals surface area contributed by atoms with Gasteiger partial charge < -0.3 is 19.9 Å². The molecule has 2 saturated heterocycles. The molecule has 0 amide bonds. The van der Waals surface area contributed by atoms with E-state index >= 15 is 0 Å². The molecular weight excluding hydrogens is 340 g/mol. The van der Waals surface area contributed by atoms with Gasteiger partial charge >= 0.3 is 5.97 Å². The quantitative estimate of drug-likeness (QED) is 0.418. The predicted molar refractivity (Wildman–Crippen MR) is 111 cm³/mol. The SMILES string of the molecule is CCNC(=NCC1CCCN(CC(C)C)C1)N1CCCC(C(=O)OCC)C1. The molecule has 156 valence electrons. The van der Waals surface area contributed by atoms with Gasteiger partial charge in [0, 0.05) is 39.3 Å². The first-order chi connectivity index (χ1) is 13.0. The minimum absolute atomic E-state index is 0.0289. The fourth-order valence-electron chi connectivity index (χ4n) is 4.25. The Hall–Kier alpha value is -1.30. The lowest BCUT2D eigenvalue weighted by molar-refractivity contribution is -0.149. The lowest BCUT2D eigenvalue weighted by Crippen LogP contribution is -2.48. The summed E-state index contributed by atoms with van der Waals surface area (Å²) in [6.45, 7) is 16.0. The normalized spacial score (nSPS) is 24.9. The van der Waals surface area contributed by atoms with Crippen LogP contribution in [0.4, 0.5) is 0 Å². The third-order valence-electron chi connectivity index (χ3n) is 5.40. The van der Waals surface area contributed by atoms with Gasteiger partial charge in [-0.3, -0.25) is 9.79 Å². The molecule has 2 aliphatic heterocycles. The highest BCUT2D eigenvalue weighted by atomic mass is 16.5. The highest BCUT2D eigenvalue weighted by Gasteiger charge is 2.28. The Bertz CT molecular complexity index is 481. The summed E-state index contributed by atoms with van der Waals surface area (Å²) in [5.74, 6) is 2.23. The Morgan fingerprint density at radius 3 is 2.67 bits per heavy atom. The summed E-state index contributed by atoms with van der Waals surface area (Å²) in [6, 6.07) is 0. The van der Waals surface area contributed by atoms with E-state index in [0.717, 1.165) is 57.4 Å². The molecule has 1 N–H and O–H groups in total. The monoisotopic (exact) mass is 380 g/mol. The predicted octanol–water partition coefficient (Wildman–Crippen LogP) is 2.60. The van der Waals surface area contributed by atoms with Crippen LogP contribution in [0.5, 0.6) is 0 Å². The summed E-state index contributed by atoms with van der Waals surface area (Å²) in [5, 5.41) is 3.44. The molecule has 2 atom stereocenters. The number of likely N-dealkylation sites (tertiary alicyclic amines) is 2. The number of aliphatic imine (C=N–C) groups is 1. The third-order valence-corrected chi connectivity index (χ3v) is 5.40. The summed E-state index contributed by atoms with van der Waals surface area (Å²) in [7, 11) is 0. The van der Waals surface area contributed by atoms with E-state index in [1.54, 1.807) is 0 Å². The molecule has 0 saturated carbocycles. The largest absolute Gasteiger partial charge is 0.466 e. The van der Waals surface area contributed by atoms with Crippen molar-refractivity contribution in [1.29, 1.82) is 0 Å². The average molecular weight is 381 g/mol. The van der Waals surface area contributed by atoms with Crippen LogP contribution in [-0.4, -0.2) is 74.1 Å². The Labute approximate surface area is 165 Å². The number of nitrogens with one attached hydrogen (secondary N) is 1. The molecule has 0 radical (unpaired) electrons. The third kappa shape index (κ3) is 7.32. The number of nitrogens with zero attached hydrogens (tertiary/aromatic N) is 3. The lowest BCUT2D eigenvalue weighted by Gasteiger charge is -2.35. The molecular formula is C21H40N4O2.